The zero-order chi connectivity index (χ0) is 54.2. The molecule has 0 spiro atoms. The van der Waals surface area contributed by atoms with Gasteiger partial charge in [-0.2, -0.15) is 12.6 Å². The largest absolute Gasteiger partial charge is 0.481 e. The fourth-order valence-corrected chi connectivity index (χ4v) is 7.40. The number of nitrogens with zero attached hydrogens (tertiary/aromatic N) is 1. The number of carbonyl (C=O) groups is 10. The number of H-pyrrole nitrogens is 1. The number of carboxylic acid groups (broad SMARTS) is 2. The molecule has 19 N–H and O–H groups in total. The van der Waals surface area contributed by atoms with Gasteiger partial charge >= 0.3 is 11.9 Å². The summed E-state index contributed by atoms with van der Waals surface area (Å²) in [5.74, 6) is -11.5. The summed E-state index contributed by atoms with van der Waals surface area (Å²) in [6.45, 7) is 6.08. The van der Waals surface area contributed by atoms with Gasteiger partial charge in [-0.15, -0.1) is 0 Å². The third kappa shape index (κ3) is 20.8. The van der Waals surface area contributed by atoms with Gasteiger partial charge in [-0.05, 0) is 55.6 Å². The van der Waals surface area contributed by atoms with Crippen LogP contribution in [0.15, 0.2) is 35.5 Å². The number of benzene rings is 1. The molecule has 0 bridgehead atoms. The molecule has 0 aliphatic rings. The molecule has 1 aromatic heterocycles. The first-order valence-corrected chi connectivity index (χ1v) is 24.0. The van der Waals surface area contributed by atoms with Crippen molar-refractivity contribution in [3.63, 3.8) is 0 Å². The first-order valence-electron chi connectivity index (χ1n) is 23.4. The summed E-state index contributed by atoms with van der Waals surface area (Å²) < 4.78 is 0. The molecular formula is C45H71N13O13S. The maximum Gasteiger partial charge on any atom is 0.326 e. The van der Waals surface area contributed by atoms with Crippen molar-refractivity contribution < 1.29 is 63.3 Å². The van der Waals surface area contributed by atoms with Gasteiger partial charge in [-0.3, -0.25) is 48.1 Å². The first kappa shape index (κ1) is 61.1. The van der Waals surface area contributed by atoms with Crippen molar-refractivity contribution in [2.24, 2.45) is 39.8 Å². The Morgan fingerprint density at radius 2 is 1.19 bits per heavy atom. The van der Waals surface area contributed by atoms with Crippen LogP contribution in [0.25, 0.3) is 10.9 Å². The van der Waals surface area contributed by atoms with Gasteiger partial charge in [0.25, 0.3) is 0 Å². The van der Waals surface area contributed by atoms with E-state index in [1.54, 1.807) is 58.2 Å². The zero-order valence-electron chi connectivity index (χ0n) is 40.8. The number of aliphatic imine (C=N–C) groups is 1. The Labute approximate surface area is 421 Å². The van der Waals surface area contributed by atoms with Crippen molar-refractivity contribution in [3.8, 4) is 0 Å². The van der Waals surface area contributed by atoms with E-state index in [-0.39, 0.29) is 43.4 Å². The molecule has 0 radical (unpaired) electrons. The van der Waals surface area contributed by atoms with Gasteiger partial charge in [0.1, 0.15) is 42.3 Å². The molecule has 0 unspecified atom stereocenters. The summed E-state index contributed by atoms with van der Waals surface area (Å²) in [6.07, 6.45) is 0.184. The Bertz CT molecular complexity index is 2240. The minimum atomic E-state index is -1.71. The number of fused-ring (bicyclic) bond motifs is 1. The number of guanidine groups is 1. The number of para-hydroxylation sites is 1. The molecule has 0 saturated carbocycles. The van der Waals surface area contributed by atoms with Crippen LogP contribution in [0.4, 0.5) is 0 Å². The number of carbonyl (C=O) groups excluding carboxylic acids is 8. The van der Waals surface area contributed by atoms with Crippen LogP contribution in [0.2, 0.25) is 0 Å². The number of aromatic nitrogens is 1. The van der Waals surface area contributed by atoms with Crippen LogP contribution in [0, 0.1) is 11.8 Å². The number of hydrogen-bond acceptors (Lipinski definition) is 14. The number of nitrogens with one attached hydrogen (secondary N) is 8. The van der Waals surface area contributed by atoms with Crippen LogP contribution in [-0.4, -0.2) is 153 Å². The highest BCUT2D eigenvalue weighted by Crippen LogP contribution is 2.20. The van der Waals surface area contributed by atoms with Gasteiger partial charge in [0.05, 0.1) is 12.6 Å². The highest BCUT2D eigenvalue weighted by Gasteiger charge is 2.35. The highest BCUT2D eigenvalue weighted by atomic mass is 32.1. The number of rotatable bonds is 33. The van der Waals surface area contributed by atoms with E-state index in [0.717, 1.165) is 0 Å². The summed E-state index contributed by atoms with van der Waals surface area (Å²) >= 11 is 4.19. The standard InChI is InChI=1S/C45H71N13O13S/c1-5-23(4)36(44(70)71)58-42(68)32(20-59)56-43(69)33(21-72)57-41(67)31(18-24-19-51-27-11-7-6-9-25(24)27)55-39(65)29(13-15-35(61)62)52-38(64)28(12-14-34(47)60)53-40(66)30(17-22(2)3)54-37(63)26(46)10-8-16-50-45(48)49/h6-7,9,11,19,22-23,26,28-33,36,51,59,72H,5,8,10,12-18,20-21,46H2,1-4H3,(H2,47,60)(H,52,64)(H,53,66)(H,54,63)(H,55,65)(H,56,69)(H,57,67)(H,58,68)(H,61,62)(H,70,71)(H4,48,49,50)/t23-,26-,28-,29-,30-,31-,32-,33-,36-/m0/s1. The summed E-state index contributed by atoms with van der Waals surface area (Å²) in [5, 5.41) is 47.0. The van der Waals surface area contributed by atoms with Crippen LogP contribution in [0.3, 0.4) is 0 Å². The number of aromatic amines is 1. The van der Waals surface area contributed by atoms with E-state index in [4.69, 9.17) is 22.9 Å². The van der Waals surface area contributed by atoms with E-state index in [1.165, 1.54) is 0 Å². The lowest BCUT2D eigenvalue weighted by molar-refractivity contribution is -0.144. The molecule has 9 atom stereocenters. The number of aliphatic hydroxyl groups is 1. The molecule has 27 heteroatoms. The second-order valence-corrected chi connectivity index (χ2v) is 18.0. The molecule has 2 aromatic rings. The van der Waals surface area contributed by atoms with Crippen molar-refractivity contribution in [2.75, 3.05) is 18.9 Å². The van der Waals surface area contributed by atoms with Gasteiger partial charge in [0.2, 0.25) is 47.3 Å². The number of nitrogens with two attached hydrogens (primary N) is 4. The van der Waals surface area contributed by atoms with Gasteiger partial charge in [0, 0.05) is 48.7 Å². The Morgan fingerprint density at radius 1 is 0.681 bits per heavy atom. The maximum atomic E-state index is 14.3. The number of thiol groups is 1. The summed E-state index contributed by atoms with van der Waals surface area (Å²) in [4.78, 5) is 138. The predicted molar refractivity (Wildman–Crippen MR) is 266 cm³/mol. The lowest BCUT2D eigenvalue weighted by Crippen LogP contribution is -2.61. The second-order valence-electron chi connectivity index (χ2n) is 17.6. The molecule has 2 rings (SSSR count). The number of aliphatic carboxylic acids is 2. The summed E-state index contributed by atoms with van der Waals surface area (Å²) in [7, 11) is 0. The van der Waals surface area contributed by atoms with Crippen LogP contribution in [0.1, 0.15) is 84.6 Å². The second kappa shape index (κ2) is 30.7. The topological polar surface area (TPSA) is 448 Å². The first-order chi connectivity index (χ1) is 33.9. The zero-order valence-corrected chi connectivity index (χ0v) is 41.7. The molecular weight excluding hydrogens is 963 g/mol. The molecule has 0 saturated heterocycles. The summed E-state index contributed by atoms with van der Waals surface area (Å²) in [5.41, 5.74) is 23.3. The maximum absolute atomic E-state index is 14.3. The number of amides is 8. The average Bonchev–Trinajstić information content (AvgIpc) is 3.73. The van der Waals surface area contributed by atoms with Gasteiger partial charge < -0.3 is 80.5 Å². The molecule has 8 amide bonds. The number of primary amides is 1. The van der Waals surface area contributed by atoms with Crippen LogP contribution in [0.5, 0.6) is 0 Å². The molecule has 400 valence electrons. The highest BCUT2D eigenvalue weighted by molar-refractivity contribution is 7.80. The van der Waals surface area contributed by atoms with Crippen molar-refractivity contribution in [3.05, 3.63) is 36.0 Å². The third-order valence-corrected chi connectivity index (χ3v) is 11.7. The fourth-order valence-electron chi connectivity index (χ4n) is 7.14. The summed E-state index contributed by atoms with van der Waals surface area (Å²) in [6, 6.07) is -4.74. The van der Waals surface area contributed by atoms with E-state index >= 15 is 0 Å². The van der Waals surface area contributed by atoms with E-state index < -0.39 is 146 Å². The molecule has 1 heterocycles. The Balaban J connectivity index is 2.46. The molecule has 0 aliphatic carbocycles. The van der Waals surface area contributed by atoms with Crippen LogP contribution in [-0.2, 0) is 54.4 Å². The quantitative estimate of drug-likeness (QED) is 0.0144. The Morgan fingerprint density at radius 3 is 1.74 bits per heavy atom. The van der Waals surface area contributed by atoms with Crippen molar-refractivity contribution in [2.45, 2.75) is 134 Å². The molecule has 1 aromatic carbocycles. The van der Waals surface area contributed by atoms with Gasteiger partial charge in [0.15, 0.2) is 5.96 Å². The minimum Gasteiger partial charge on any atom is -0.481 e. The molecule has 0 fully saturated rings. The van der Waals surface area contributed by atoms with Crippen LogP contribution >= 0.6 is 12.6 Å². The van der Waals surface area contributed by atoms with Crippen molar-refractivity contribution in [1.29, 1.82) is 0 Å². The average molecular weight is 1030 g/mol. The lowest BCUT2D eigenvalue weighted by atomic mass is 9.99. The Kier molecular flexibility index (Phi) is 26.0. The molecule has 72 heavy (non-hydrogen) atoms. The van der Waals surface area contributed by atoms with Gasteiger partial charge in [-0.25, -0.2) is 4.79 Å². The smallest absolute Gasteiger partial charge is 0.326 e. The van der Waals surface area contributed by atoms with E-state index in [9.17, 15) is 63.3 Å². The van der Waals surface area contributed by atoms with Crippen LogP contribution < -0.4 is 60.2 Å². The predicted octanol–water partition coefficient (Wildman–Crippen LogP) is -3.29. The Hall–Kier alpha value is -7.00. The van der Waals surface area contributed by atoms with E-state index in [1.807, 2.05) is 0 Å². The normalized spacial score (nSPS) is 14.9. The van der Waals surface area contributed by atoms with Gasteiger partial charge in [-0.1, -0.05) is 52.3 Å². The van der Waals surface area contributed by atoms with Crippen molar-refractivity contribution >= 4 is 88.7 Å². The number of carboxylic acids is 2. The SMILES string of the molecule is CC[C@H](C)[C@H](NC(=O)[C@H](CO)NC(=O)[C@H](CS)NC(=O)[C@H](Cc1c[nH]c2ccccc12)NC(=O)[C@H](CCC(=O)O)NC(=O)[C@H](CCC(N)=O)NC(=O)[C@H](CC(C)C)NC(=O)[C@@H](N)CCCN=C(N)N)C(=O)O. The van der Waals surface area contributed by atoms with Crippen molar-refractivity contribution in [1.82, 2.24) is 42.2 Å². The lowest BCUT2D eigenvalue weighted by Gasteiger charge is -2.28. The number of aliphatic hydroxyl groups excluding tert-OH is 1. The number of hydrogen-bond donors (Lipinski definition) is 16. The third-order valence-electron chi connectivity index (χ3n) is 11.4. The monoisotopic (exact) mass is 1030 g/mol. The molecule has 26 nitrogen and oxygen atoms in total. The van der Waals surface area contributed by atoms with E-state index in [0.29, 0.717) is 29.3 Å². The fraction of sp³-hybridized carbons (Fsp3) is 0.578. The molecule has 0 aliphatic heterocycles. The minimum absolute atomic E-state index is 0.0741. The van der Waals surface area contributed by atoms with E-state index in [2.05, 4.69) is 59.8 Å².